The Labute approximate surface area is 142 Å². The Bertz CT molecular complexity index is 721. The number of carbonyl (C=O) groups is 2. The summed E-state index contributed by atoms with van der Waals surface area (Å²) >= 11 is 0. The van der Waals surface area contributed by atoms with E-state index in [4.69, 9.17) is 0 Å². The van der Waals surface area contributed by atoms with E-state index >= 15 is 0 Å². The Morgan fingerprint density at radius 2 is 1.71 bits per heavy atom. The molecule has 0 spiro atoms. The van der Waals surface area contributed by atoms with Gasteiger partial charge >= 0.3 is 0 Å². The summed E-state index contributed by atoms with van der Waals surface area (Å²) in [5.74, 6) is 0.104. The van der Waals surface area contributed by atoms with Gasteiger partial charge in [-0.15, -0.1) is 0 Å². The number of Topliss-reactive ketones (excluding diaryl/α,β-unsaturated/α-hetero) is 1. The van der Waals surface area contributed by atoms with E-state index in [0.717, 1.165) is 37.2 Å². The predicted molar refractivity (Wildman–Crippen MR) is 95.1 cm³/mol. The van der Waals surface area contributed by atoms with E-state index in [2.05, 4.69) is 5.32 Å². The van der Waals surface area contributed by atoms with Gasteiger partial charge in [-0.25, -0.2) is 0 Å². The van der Waals surface area contributed by atoms with Gasteiger partial charge in [-0.3, -0.25) is 9.59 Å². The van der Waals surface area contributed by atoms with Gasteiger partial charge in [-0.05, 0) is 37.5 Å². The Morgan fingerprint density at radius 3 is 2.38 bits per heavy atom. The molecule has 2 aromatic rings. The van der Waals surface area contributed by atoms with Crippen LogP contribution in [0, 0.1) is 0 Å². The van der Waals surface area contributed by atoms with Gasteiger partial charge in [0.05, 0.1) is 0 Å². The van der Waals surface area contributed by atoms with Crippen molar-refractivity contribution < 1.29 is 9.59 Å². The average Bonchev–Trinajstić information content (AvgIpc) is 3.15. The van der Waals surface area contributed by atoms with Gasteiger partial charge in [0.25, 0.3) is 0 Å². The van der Waals surface area contributed by atoms with Crippen molar-refractivity contribution in [3.8, 4) is 0 Å². The molecule has 2 aromatic carbocycles. The second-order valence-corrected chi connectivity index (χ2v) is 6.16. The molecule has 0 radical (unpaired) electrons. The average molecular weight is 322 g/mol. The number of nitrogens with one attached hydrogen (secondary N) is 1. The third kappa shape index (κ3) is 3.65. The van der Waals surface area contributed by atoms with E-state index in [1.807, 2.05) is 47.4 Å². The number of hydrogen-bond donors (Lipinski definition) is 1. The molecule has 4 heteroatoms. The number of likely N-dealkylation sites (tertiary alicyclic amines) is 1. The van der Waals surface area contributed by atoms with Crippen LogP contribution in [0.2, 0.25) is 0 Å². The van der Waals surface area contributed by atoms with Crippen LogP contribution in [0.1, 0.15) is 41.7 Å². The van der Waals surface area contributed by atoms with E-state index < -0.39 is 6.04 Å². The van der Waals surface area contributed by atoms with Gasteiger partial charge in [0, 0.05) is 24.3 Å². The molecule has 1 heterocycles. The van der Waals surface area contributed by atoms with Crippen molar-refractivity contribution in [1.29, 1.82) is 0 Å². The fourth-order valence-corrected chi connectivity index (χ4v) is 3.05. The van der Waals surface area contributed by atoms with Crippen molar-refractivity contribution in [2.75, 3.05) is 18.4 Å². The first-order valence-corrected chi connectivity index (χ1v) is 8.36. The standard InChI is InChI=1S/C20H22N2O2/c1-15(23)17-10-7-11-18(14-17)21-19(16-8-3-2-4-9-16)20(24)22-12-5-6-13-22/h2-4,7-11,14,19,21H,5-6,12-13H2,1H3/t19-/m0/s1. The topological polar surface area (TPSA) is 49.4 Å². The molecule has 1 amide bonds. The Balaban J connectivity index is 1.88. The van der Waals surface area contributed by atoms with E-state index in [9.17, 15) is 9.59 Å². The predicted octanol–water partition coefficient (Wildman–Crippen LogP) is 3.66. The van der Waals surface area contributed by atoms with Gasteiger partial charge in [0.2, 0.25) is 5.91 Å². The number of hydrogen-bond acceptors (Lipinski definition) is 3. The van der Waals surface area contributed by atoms with Crippen LogP contribution < -0.4 is 5.32 Å². The molecule has 0 aromatic heterocycles. The Kier molecular flexibility index (Phi) is 4.94. The van der Waals surface area contributed by atoms with Crippen LogP contribution in [0.5, 0.6) is 0 Å². The van der Waals surface area contributed by atoms with Gasteiger partial charge in [-0.2, -0.15) is 0 Å². The fraction of sp³-hybridized carbons (Fsp3) is 0.300. The smallest absolute Gasteiger partial charge is 0.249 e. The second-order valence-electron chi connectivity index (χ2n) is 6.16. The summed E-state index contributed by atoms with van der Waals surface area (Å²) < 4.78 is 0. The highest BCUT2D eigenvalue weighted by molar-refractivity contribution is 5.95. The van der Waals surface area contributed by atoms with Crippen LogP contribution in [0.15, 0.2) is 54.6 Å². The Hall–Kier alpha value is -2.62. The molecule has 1 aliphatic heterocycles. The minimum absolute atomic E-state index is 0.0146. The molecular formula is C20H22N2O2. The first-order valence-electron chi connectivity index (χ1n) is 8.36. The SMILES string of the molecule is CC(=O)c1cccc(N[C@H](C(=O)N2CCCC2)c2ccccc2)c1. The highest BCUT2D eigenvalue weighted by Crippen LogP contribution is 2.24. The Morgan fingerprint density at radius 1 is 1.00 bits per heavy atom. The molecular weight excluding hydrogens is 300 g/mol. The molecule has 4 nitrogen and oxygen atoms in total. The lowest BCUT2D eigenvalue weighted by Crippen LogP contribution is -2.36. The molecule has 1 atom stereocenters. The number of anilines is 1. The zero-order chi connectivity index (χ0) is 16.9. The minimum atomic E-state index is -0.438. The van der Waals surface area contributed by atoms with E-state index in [1.54, 1.807) is 19.1 Å². The van der Waals surface area contributed by atoms with Crippen LogP contribution in [0.3, 0.4) is 0 Å². The van der Waals surface area contributed by atoms with Crippen molar-refractivity contribution in [3.05, 3.63) is 65.7 Å². The normalized spacial score (nSPS) is 15.1. The zero-order valence-electron chi connectivity index (χ0n) is 13.9. The number of nitrogens with zero attached hydrogens (tertiary/aromatic N) is 1. The lowest BCUT2D eigenvalue weighted by molar-refractivity contribution is -0.131. The first-order chi connectivity index (χ1) is 11.6. The molecule has 3 rings (SSSR count). The van der Waals surface area contributed by atoms with Crippen LogP contribution >= 0.6 is 0 Å². The zero-order valence-corrected chi connectivity index (χ0v) is 13.9. The lowest BCUT2D eigenvalue weighted by atomic mass is 10.0. The van der Waals surface area contributed by atoms with Crippen LogP contribution in [0.25, 0.3) is 0 Å². The monoisotopic (exact) mass is 322 g/mol. The van der Waals surface area contributed by atoms with Crippen molar-refractivity contribution in [3.63, 3.8) is 0 Å². The number of amides is 1. The highest BCUT2D eigenvalue weighted by Gasteiger charge is 2.27. The quantitative estimate of drug-likeness (QED) is 0.855. The summed E-state index contributed by atoms with van der Waals surface area (Å²) in [6.07, 6.45) is 2.13. The van der Waals surface area contributed by atoms with Crippen LogP contribution in [0.4, 0.5) is 5.69 Å². The number of carbonyl (C=O) groups excluding carboxylic acids is 2. The molecule has 0 saturated carbocycles. The molecule has 1 fully saturated rings. The molecule has 1 aliphatic rings. The van der Waals surface area contributed by atoms with Crippen molar-refractivity contribution >= 4 is 17.4 Å². The van der Waals surface area contributed by atoms with Gasteiger partial charge in [0.1, 0.15) is 6.04 Å². The highest BCUT2D eigenvalue weighted by atomic mass is 16.2. The maximum absolute atomic E-state index is 13.0. The third-order valence-electron chi connectivity index (χ3n) is 4.38. The molecule has 1 N–H and O–H groups in total. The van der Waals surface area contributed by atoms with E-state index in [0.29, 0.717) is 5.56 Å². The number of ketones is 1. The molecule has 124 valence electrons. The molecule has 24 heavy (non-hydrogen) atoms. The van der Waals surface area contributed by atoms with Crippen molar-refractivity contribution in [2.45, 2.75) is 25.8 Å². The largest absolute Gasteiger partial charge is 0.370 e. The number of benzene rings is 2. The summed E-state index contributed by atoms with van der Waals surface area (Å²) in [4.78, 5) is 26.5. The summed E-state index contributed by atoms with van der Waals surface area (Å²) in [5.41, 5.74) is 2.35. The van der Waals surface area contributed by atoms with Gasteiger partial charge < -0.3 is 10.2 Å². The first kappa shape index (κ1) is 16.2. The van der Waals surface area contributed by atoms with Gasteiger partial charge in [0.15, 0.2) is 5.78 Å². The molecule has 1 saturated heterocycles. The van der Waals surface area contributed by atoms with Crippen LogP contribution in [-0.2, 0) is 4.79 Å². The maximum atomic E-state index is 13.0. The maximum Gasteiger partial charge on any atom is 0.249 e. The van der Waals surface area contributed by atoms with Gasteiger partial charge in [-0.1, -0.05) is 42.5 Å². The number of rotatable bonds is 5. The van der Waals surface area contributed by atoms with Crippen LogP contribution in [-0.4, -0.2) is 29.7 Å². The van der Waals surface area contributed by atoms with Crippen molar-refractivity contribution in [2.24, 2.45) is 0 Å². The minimum Gasteiger partial charge on any atom is -0.370 e. The third-order valence-corrected chi connectivity index (χ3v) is 4.38. The van der Waals surface area contributed by atoms with Crippen molar-refractivity contribution in [1.82, 2.24) is 4.90 Å². The molecule has 0 bridgehead atoms. The van der Waals surface area contributed by atoms with E-state index in [-0.39, 0.29) is 11.7 Å². The lowest BCUT2D eigenvalue weighted by Gasteiger charge is -2.25. The summed E-state index contributed by atoms with van der Waals surface area (Å²) in [6, 6.07) is 16.6. The molecule has 0 unspecified atom stereocenters. The summed E-state index contributed by atoms with van der Waals surface area (Å²) in [6.45, 7) is 3.18. The van der Waals surface area contributed by atoms with E-state index in [1.165, 1.54) is 0 Å². The fourth-order valence-electron chi connectivity index (χ4n) is 3.05. The summed E-state index contributed by atoms with van der Waals surface area (Å²) in [5, 5.41) is 3.32. The summed E-state index contributed by atoms with van der Waals surface area (Å²) in [7, 11) is 0. The molecule has 0 aliphatic carbocycles. The second kappa shape index (κ2) is 7.30.